The van der Waals surface area contributed by atoms with Crippen LogP contribution in [0.5, 0.6) is 5.75 Å². The van der Waals surface area contributed by atoms with Gasteiger partial charge in [0.15, 0.2) is 0 Å². The lowest BCUT2D eigenvalue weighted by molar-refractivity contribution is -0.122. The fourth-order valence-electron chi connectivity index (χ4n) is 2.10. The first-order valence-electron chi connectivity index (χ1n) is 8.08. The van der Waals surface area contributed by atoms with Crippen LogP contribution in [0.25, 0.3) is 0 Å². The van der Waals surface area contributed by atoms with Gasteiger partial charge < -0.3 is 15.4 Å². The number of ether oxygens (including phenoxy) is 1. The molecule has 0 radical (unpaired) electrons. The average molecular weight is 381 g/mol. The summed E-state index contributed by atoms with van der Waals surface area (Å²) in [4.78, 5) is 24.4. The fourth-order valence-corrected chi connectivity index (χ4v) is 3.00. The lowest BCUT2D eigenvalue weighted by atomic mass is 10.3. The highest BCUT2D eigenvalue weighted by molar-refractivity contribution is 7.10. The van der Waals surface area contributed by atoms with Crippen LogP contribution in [0.1, 0.15) is 17.7 Å². The minimum absolute atomic E-state index is 0.0372. The van der Waals surface area contributed by atoms with E-state index in [1.165, 1.54) is 0 Å². The number of nitrogens with one attached hydrogen (secondary N) is 2. The van der Waals surface area contributed by atoms with Crippen LogP contribution in [0, 0.1) is 0 Å². The van der Waals surface area contributed by atoms with E-state index in [9.17, 15) is 9.59 Å². The molecule has 0 spiro atoms. The molecule has 2 aromatic rings. The molecule has 0 fully saturated rings. The van der Waals surface area contributed by atoms with E-state index >= 15 is 0 Å². The molecule has 1 aromatic carbocycles. The Morgan fingerprint density at radius 2 is 1.80 bits per heavy atom. The van der Waals surface area contributed by atoms with Crippen molar-refractivity contribution in [2.45, 2.75) is 19.3 Å². The number of rotatable bonds is 10. The minimum atomic E-state index is -0.0599. The largest absolute Gasteiger partial charge is 0.492 e. The van der Waals surface area contributed by atoms with E-state index < -0.39 is 0 Å². The Kier molecular flexibility index (Phi) is 8.28. The summed E-state index contributed by atoms with van der Waals surface area (Å²) in [5.41, 5.74) is 0. The van der Waals surface area contributed by atoms with Gasteiger partial charge in [0, 0.05) is 24.4 Å². The molecule has 0 aliphatic carbocycles. The Morgan fingerprint density at radius 1 is 1.04 bits per heavy atom. The van der Waals surface area contributed by atoms with Crippen LogP contribution in [0.15, 0.2) is 41.8 Å². The lowest BCUT2D eigenvalue weighted by Gasteiger charge is -2.08. The zero-order valence-corrected chi connectivity index (χ0v) is 15.4. The van der Waals surface area contributed by atoms with Gasteiger partial charge in [-0.25, -0.2) is 0 Å². The number of carbonyl (C=O) groups excluding carboxylic acids is 2. The van der Waals surface area contributed by atoms with Gasteiger partial charge in [0.2, 0.25) is 11.8 Å². The molecule has 0 saturated carbocycles. The molecule has 7 heteroatoms. The molecule has 1 heterocycles. The molecule has 0 atom stereocenters. The van der Waals surface area contributed by atoms with E-state index in [0.29, 0.717) is 49.7 Å². The predicted octanol–water partition coefficient (Wildman–Crippen LogP) is 3.04. The molecule has 2 amide bonds. The van der Waals surface area contributed by atoms with E-state index in [0.717, 1.165) is 4.88 Å². The number of carbonyl (C=O) groups is 2. The summed E-state index contributed by atoms with van der Waals surface area (Å²) >= 11 is 7.54. The maximum atomic E-state index is 11.7. The fraction of sp³-hybridized carbons (Fsp3) is 0.333. The second-order valence-electron chi connectivity index (χ2n) is 5.34. The van der Waals surface area contributed by atoms with Crippen LogP contribution < -0.4 is 15.4 Å². The molecule has 0 bridgehead atoms. The second kappa shape index (κ2) is 10.7. The summed E-state index contributed by atoms with van der Waals surface area (Å²) in [6.45, 7) is 1.27. The van der Waals surface area contributed by atoms with Gasteiger partial charge in [-0.05, 0) is 30.0 Å². The number of para-hydroxylation sites is 1. The summed E-state index contributed by atoms with van der Waals surface area (Å²) in [6, 6.07) is 11.1. The number of benzene rings is 1. The van der Waals surface area contributed by atoms with Crippen LogP contribution in [0.2, 0.25) is 5.02 Å². The van der Waals surface area contributed by atoms with E-state index in [4.69, 9.17) is 16.3 Å². The molecular formula is C18H21ClN2O3S. The monoisotopic (exact) mass is 380 g/mol. The van der Waals surface area contributed by atoms with E-state index in [1.54, 1.807) is 23.5 Å². The Bertz CT molecular complexity index is 677. The first-order valence-corrected chi connectivity index (χ1v) is 9.34. The molecule has 2 rings (SSSR count). The molecule has 0 unspecified atom stereocenters. The first-order chi connectivity index (χ1) is 12.1. The van der Waals surface area contributed by atoms with Crippen molar-refractivity contribution in [2.24, 2.45) is 0 Å². The van der Waals surface area contributed by atoms with Gasteiger partial charge in [-0.3, -0.25) is 9.59 Å². The highest BCUT2D eigenvalue weighted by atomic mass is 35.5. The first kappa shape index (κ1) is 19.3. The van der Waals surface area contributed by atoms with E-state index in [1.807, 2.05) is 29.6 Å². The summed E-state index contributed by atoms with van der Waals surface area (Å²) in [6.07, 6.45) is 1.35. The van der Waals surface area contributed by atoms with Crippen molar-refractivity contribution in [1.29, 1.82) is 0 Å². The SMILES string of the molecule is O=C(CCCOc1ccccc1Cl)NCCNC(=O)Cc1cccs1. The van der Waals surface area contributed by atoms with Crippen molar-refractivity contribution in [3.05, 3.63) is 51.7 Å². The van der Waals surface area contributed by atoms with Crippen LogP contribution in [0.3, 0.4) is 0 Å². The topological polar surface area (TPSA) is 67.4 Å². The molecule has 5 nitrogen and oxygen atoms in total. The zero-order chi connectivity index (χ0) is 17.9. The average Bonchev–Trinajstić information content (AvgIpc) is 3.10. The maximum absolute atomic E-state index is 11.7. The smallest absolute Gasteiger partial charge is 0.225 e. The summed E-state index contributed by atoms with van der Waals surface area (Å²) < 4.78 is 5.53. The highest BCUT2D eigenvalue weighted by Gasteiger charge is 2.05. The number of hydrogen-bond acceptors (Lipinski definition) is 4. The van der Waals surface area contributed by atoms with Crippen molar-refractivity contribution >= 4 is 34.8 Å². The predicted molar refractivity (Wildman–Crippen MR) is 100 cm³/mol. The molecule has 0 saturated heterocycles. The second-order valence-corrected chi connectivity index (χ2v) is 6.78. The molecular weight excluding hydrogens is 360 g/mol. The normalized spacial score (nSPS) is 10.3. The van der Waals surface area contributed by atoms with Crippen molar-refractivity contribution in [3.63, 3.8) is 0 Å². The van der Waals surface area contributed by atoms with Crippen molar-refractivity contribution in [1.82, 2.24) is 10.6 Å². The van der Waals surface area contributed by atoms with Gasteiger partial charge in [-0.1, -0.05) is 29.8 Å². The van der Waals surface area contributed by atoms with Crippen LogP contribution in [-0.2, 0) is 16.0 Å². The zero-order valence-electron chi connectivity index (χ0n) is 13.8. The third kappa shape index (κ3) is 7.58. The molecule has 0 aliphatic rings. The summed E-state index contributed by atoms with van der Waals surface area (Å²) in [5, 5.41) is 8.06. The quantitative estimate of drug-likeness (QED) is 0.622. The van der Waals surface area contributed by atoms with Crippen molar-refractivity contribution < 1.29 is 14.3 Å². The van der Waals surface area contributed by atoms with Gasteiger partial charge in [0.25, 0.3) is 0 Å². The third-order valence-corrected chi connectivity index (χ3v) is 4.52. The molecule has 0 aliphatic heterocycles. The van der Waals surface area contributed by atoms with Crippen LogP contribution in [0.4, 0.5) is 0 Å². The molecule has 1 aromatic heterocycles. The Labute approximate surface area is 156 Å². The molecule has 25 heavy (non-hydrogen) atoms. The van der Waals surface area contributed by atoms with E-state index in [-0.39, 0.29) is 11.8 Å². The molecule has 134 valence electrons. The van der Waals surface area contributed by atoms with Crippen molar-refractivity contribution in [3.8, 4) is 5.75 Å². The highest BCUT2D eigenvalue weighted by Crippen LogP contribution is 2.23. The third-order valence-electron chi connectivity index (χ3n) is 3.33. The minimum Gasteiger partial charge on any atom is -0.492 e. The Balaban J connectivity index is 1.49. The Morgan fingerprint density at radius 3 is 2.52 bits per heavy atom. The van der Waals surface area contributed by atoms with Crippen LogP contribution >= 0.6 is 22.9 Å². The number of thiophene rings is 1. The number of amides is 2. The van der Waals surface area contributed by atoms with Gasteiger partial charge in [0.05, 0.1) is 18.1 Å². The number of halogens is 1. The van der Waals surface area contributed by atoms with Gasteiger partial charge in [-0.15, -0.1) is 11.3 Å². The molecule has 2 N–H and O–H groups in total. The van der Waals surface area contributed by atoms with Gasteiger partial charge in [-0.2, -0.15) is 0 Å². The van der Waals surface area contributed by atoms with Gasteiger partial charge >= 0.3 is 0 Å². The van der Waals surface area contributed by atoms with Crippen LogP contribution in [-0.4, -0.2) is 31.5 Å². The summed E-state index contributed by atoms with van der Waals surface area (Å²) in [7, 11) is 0. The number of hydrogen-bond donors (Lipinski definition) is 2. The van der Waals surface area contributed by atoms with Crippen molar-refractivity contribution in [2.75, 3.05) is 19.7 Å². The summed E-state index contributed by atoms with van der Waals surface area (Å²) in [5.74, 6) is 0.526. The van der Waals surface area contributed by atoms with E-state index in [2.05, 4.69) is 10.6 Å². The van der Waals surface area contributed by atoms with Gasteiger partial charge in [0.1, 0.15) is 5.75 Å². The maximum Gasteiger partial charge on any atom is 0.225 e. The Hall–Kier alpha value is -2.05. The lowest BCUT2D eigenvalue weighted by Crippen LogP contribution is -2.35. The standard InChI is InChI=1S/C18H21ClN2O3S/c19-15-6-1-2-7-16(15)24-11-3-8-17(22)20-9-10-21-18(23)13-14-5-4-12-25-14/h1-2,4-7,12H,3,8-11,13H2,(H,20,22)(H,21,23).